The van der Waals surface area contributed by atoms with E-state index in [1.165, 1.54) is 10.5 Å². The van der Waals surface area contributed by atoms with Crippen LogP contribution in [0.15, 0.2) is 66.4 Å². The minimum Gasteiger partial charge on any atom is -0.350 e. The van der Waals surface area contributed by atoms with Gasteiger partial charge in [-0.2, -0.15) is 0 Å². The number of halogens is 1. The van der Waals surface area contributed by atoms with Crippen LogP contribution < -0.4 is 10.2 Å². The van der Waals surface area contributed by atoms with Crippen molar-refractivity contribution in [1.29, 1.82) is 0 Å². The van der Waals surface area contributed by atoms with E-state index < -0.39 is 5.91 Å². The molecule has 2 amide bonds. The summed E-state index contributed by atoms with van der Waals surface area (Å²) in [5, 5.41) is 3.74. The van der Waals surface area contributed by atoms with E-state index >= 15 is 0 Å². The highest BCUT2D eigenvalue weighted by Gasteiger charge is 2.41. The number of nitrogens with zero attached hydrogens (tertiary/aromatic N) is 1. The largest absolute Gasteiger partial charge is 0.350 e. The number of hydrogen-bond donors (Lipinski definition) is 1. The molecular formula is C27H25ClN2O2. The molecule has 4 rings (SSSR count). The van der Waals surface area contributed by atoms with E-state index in [0.29, 0.717) is 21.8 Å². The quantitative estimate of drug-likeness (QED) is 0.475. The van der Waals surface area contributed by atoms with Gasteiger partial charge in [-0.15, -0.1) is 0 Å². The molecule has 0 bridgehead atoms. The summed E-state index contributed by atoms with van der Waals surface area (Å²) in [5.41, 5.74) is 6.54. The molecule has 0 atom stereocenters. The highest BCUT2D eigenvalue weighted by molar-refractivity contribution is 6.46. The van der Waals surface area contributed by atoms with Gasteiger partial charge in [-0.05, 0) is 73.7 Å². The molecule has 0 spiro atoms. The molecule has 0 saturated carbocycles. The van der Waals surface area contributed by atoms with Crippen molar-refractivity contribution < 1.29 is 9.59 Å². The summed E-state index contributed by atoms with van der Waals surface area (Å²) in [7, 11) is 0. The Bertz CT molecular complexity index is 1260. The minimum atomic E-state index is -0.394. The van der Waals surface area contributed by atoms with Crippen molar-refractivity contribution >= 4 is 40.4 Å². The van der Waals surface area contributed by atoms with Crippen LogP contribution in [0.4, 0.5) is 11.4 Å². The van der Waals surface area contributed by atoms with Crippen molar-refractivity contribution in [2.45, 2.75) is 34.1 Å². The lowest BCUT2D eigenvalue weighted by molar-refractivity contribution is -0.120. The standard InChI is InChI=1S/C27H25ClN2O2/c1-5-19-10-12-20(13-11-19)29-25-24(21-14-9-16(2)15-17(21)3)26(31)30(27(25)32)23-8-6-7-22(28)18(23)4/h6-15,29H,5H2,1-4H3. The van der Waals surface area contributed by atoms with Gasteiger partial charge in [0.05, 0.1) is 11.3 Å². The summed E-state index contributed by atoms with van der Waals surface area (Å²) in [6.07, 6.45) is 0.927. The molecule has 3 aromatic rings. The zero-order valence-electron chi connectivity index (χ0n) is 18.6. The third kappa shape index (κ3) is 3.82. The topological polar surface area (TPSA) is 49.4 Å². The SMILES string of the molecule is CCc1ccc(NC2=C(c3ccc(C)cc3C)C(=O)N(c3cccc(Cl)c3C)C2=O)cc1. The smallest absolute Gasteiger partial charge is 0.282 e. The number of amides is 2. The molecule has 5 heteroatoms. The molecule has 3 aromatic carbocycles. The van der Waals surface area contributed by atoms with E-state index in [4.69, 9.17) is 11.6 Å². The molecule has 1 heterocycles. The third-order valence-corrected chi connectivity index (χ3v) is 6.26. The zero-order chi connectivity index (χ0) is 23.0. The van der Waals surface area contributed by atoms with Crippen molar-refractivity contribution in [3.8, 4) is 0 Å². The van der Waals surface area contributed by atoms with Crippen LogP contribution in [0.3, 0.4) is 0 Å². The van der Waals surface area contributed by atoms with Crippen LogP contribution in [0, 0.1) is 20.8 Å². The predicted octanol–water partition coefficient (Wildman–Crippen LogP) is 6.22. The molecule has 4 nitrogen and oxygen atoms in total. The van der Waals surface area contributed by atoms with E-state index in [1.54, 1.807) is 18.2 Å². The predicted molar refractivity (Wildman–Crippen MR) is 131 cm³/mol. The summed E-state index contributed by atoms with van der Waals surface area (Å²) in [4.78, 5) is 28.5. The second-order valence-corrected chi connectivity index (χ2v) is 8.48. The van der Waals surface area contributed by atoms with Crippen molar-refractivity contribution in [3.05, 3.63) is 99.2 Å². The number of nitrogens with one attached hydrogen (secondary N) is 1. The summed E-state index contributed by atoms with van der Waals surface area (Å²) >= 11 is 6.30. The van der Waals surface area contributed by atoms with Gasteiger partial charge in [-0.3, -0.25) is 9.59 Å². The van der Waals surface area contributed by atoms with Gasteiger partial charge in [0.1, 0.15) is 5.70 Å². The fourth-order valence-electron chi connectivity index (χ4n) is 4.01. The van der Waals surface area contributed by atoms with Gasteiger partial charge < -0.3 is 5.32 Å². The van der Waals surface area contributed by atoms with E-state index in [0.717, 1.165) is 28.8 Å². The van der Waals surface area contributed by atoms with Gasteiger partial charge in [-0.1, -0.05) is 60.5 Å². The molecule has 1 aliphatic heterocycles. The third-order valence-electron chi connectivity index (χ3n) is 5.85. The minimum absolute atomic E-state index is 0.269. The van der Waals surface area contributed by atoms with Crippen molar-refractivity contribution in [2.24, 2.45) is 0 Å². The first kappa shape index (κ1) is 21.8. The first-order valence-electron chi connectivity index (χ1n) is 10.6. The number of anilines is 2. The second-order valence-electron chi connectivity index (χ2n) is 8.07. The normalized spacial score (nSPS) is 13.8. The van der Waals surface area contributed by atoms with Crippen LogP contribution in [0.2, 0.25) is 5.02 Å². The number of carbonyl (C=O) groups excluding carboxylic acids is 2. The molecule has 0 radical (unpaired) electrons. The molecule has 0 aliphatic carbocycles. The molecule has 0 fully saturated rings. The van der Waals surface area contributed by atoms with Crippen molar-refractivity contribution in [2.75, 3.05) is 10.2 Å². The summed E-state index contributed by atoms with van der Waals surface area (Å²) in [6.45, 7) is 7.86. The Hall–Kier alpha value is -3.37. The molecule has 1 aliphatic rings. The Morgan fingerprint density at radius 2 is 1.62 bits per heavy atom. The highest BCUT2D eigenvalue weighted by atomic mass is 35.5. The van der Waals surface area contributed by atoms with Gasteiger partial charge in [0.25, 0.3) is 11.8 Å². The van der Waals surface area contributed by atoms with E-state index in [9.17, 15) is 9.59 Å². The zero-order valence-corrected chi connectivity index (χ0v) is 19.4. The molecular weight excluding hydrogens is 420 g/mol. The fourth-order valence-corrected chi connectivity index (χ4v) is 4.18. The van der Waals surface area contributed by atoms with Gasteiger partial charge in [-0.25, -0.2) is 4.90 Å². The number of benzene rings is 3. The maximum atomic E-state index is 13.7. The van der Waals surface area contributed by atoms with Crippen LogP contribution in [-0.2, 0) is 16.0 Å². The molecule has 32 heavy (non-hydrogen) atoms. The first-order chi connectivity index (χ1) is 15.3. The molecule has 1 N–H and O–H groups in total. The molecule has 0 unspecified atom stereocenters. The van der Waals surface area contributed by atoms with Gasteiger partial charge in [0, 0.05) is 10.7 Å². The average molecular weight is 445 g/mol. The van der Waals surface area contributed by atoms with E-state index in [1.807, 2.05) is 63.2 Å². The average Bonchev–Trinajstić information content (AvgIpc) is 3.00. The van der Waals surface area contributed by atoms with E-state index in [2.05, 4.69) is 12.2 Å². The fraction of sp³-hybridized carbons (Fsp3) is 0.185. The number of aryl methyl sites for hydroxylation is 3. The molecule has 0 saturated heterocycles. The Kier molecular flexibility index (Phi) is 5.90. The second kappa shape index (κ2) is 8.64. The van der Waals surface area contributed by atoms with Crippen LogP contribution >= 0.6 is 11.6 Å². The lowest BCUT2D eigenvalue weighted by atomic mass is 9.97. The number of rotatable bonds is 5. The van der Waals surface area contributed by atoms with Crippen molar-refractivity contribution in [1.82, 2.24) is 0 Å². The Morgan fingerprint density at radius 1 is 0.906 bits per heavy atom. The maximum absolute atomic E-state index is 13.7. The Labute approximate surface area is 193 Å². The molecule has 0 aromatic heterocycles. The van der Waals surface area contributed by atoms with Gasteiger partial charge in [0.2, 0.25) is 0 Å². The monoisotopic (exact) mass is 444 g/mol. The van der Waals surface area contributed by atoms with Crippen molar-refractivity contribution in [3.63, 3.8) is 0 Å². The van der Waals surface area contributed by atoms with E-state index in [-0.39, 0.29) is 11.6 Å². The lowest BCUT2D eigenvalue weighted by Crippen LogP contribution is -2.33. The van der Waals surface area contributed by atoms with Gasteiger partial charge >= 0.3 is 0 Å². The van der Waals surface area contributed by atoms with Crippen LogP contribution in [0.5, 0.6) is 0 Å². The highest BCUT2D eigenvalue weighted by Crippen LogP contribution is 2.37. The van der Waals surface area contributed by atoms with Gasteiger partial charge in [0.15, 0.2) is 0 Å². The Morgan fingerprint density at radius 3 is 2.28 bits per heavy atom. The number of hydrogen-bond acceptors (Lipinski definition) is 3. The maximum Gasteiger partial charge on any atom is 0.282 e. The summed E-state index contributed by atoms with van der Waals surface area (Å²) in [5.74, 6) is -0.755. The lowest BCUT2D eigenvalue weighted by Gasteiger charge is -2.18. The van der Waals surface area contributed by atoms with Crippen LogP contribution in [0.1, 0.15) is 34.7 Å². The summed E-state index contributed by atoms with van der Waals surface area (Å²) in [6, 6.07) is 19.0. The Balaban J connectivity index is 1.86. The van der Waals surface area contributed by atoms with Crippen LogP contribution in [0.25, 0.3) is 5.57 Å². The molecule has 162 valence electrons. The first-order valence-corrected chi connectivity index (χ1v) is 11.0. The number of imide groups is 1. The number of carbonyl (C=O) groups is 2. The summed E-state index contributed by atoms with van der Waals surface area (Å²) < 4.78 is 0. The van der Waals surface area contributed by atoms with Crippen LogP contribution in [-0.4, -0.2) is 11.8 Å².